The predicted octanol–water partition coefficient (Wildman–Crippen LogP) is 0.545. The second-order valence-electron chi connectivity index (χ2n) is 2.47. The van der Waals surface area contributed by atoms with E-state index in [1.165, 1.54) is 14.0 Å². The van der Waals surface area contributed by atoms with Crippen LogP contribution in [0.4, 0.5) is 5.69 Å². The van der Waals surface area contributed by atoms with Crippen LogP contribution in [0.25, 0.3) is 0 Å². The van der Waals surface area contributed by atoms with Crippen molar-refractivity contribution in [3.63, 3.8) is 0 Å². The molecule has 0 unspecified atom stereocenters. The highest BCUT2D eigenvalue weighted by Crippen LogP contribution is 2.19. The first-order valence-electron chi connectivity index (χ1n) is 3.48. The van der Waals surface area contributed by atoms with Gasteiger partial charge in [0.1, 0.15) is 6.07 Å². The minimum absolute atomic E-state index is 0.0858. The third-order valence-electron chi connectivity index (χ3n) is 1.60. The molecule has 6 heteroatoms. The average Bonchev–Trinajstić information content (AvgIpc) is 2.03. The summed E-state index contributed by atoms with van der Waals surface area (Å²) in [5, 5.41) is 21.5. The molecule has 1 rings (SSSR count). The van der Waals surface area contributed by atoms with Crippen molar-refractivity contribution in [2.75, 3.05) is 7.11 Å². The van der Waals surface area contributed by atoms with Gasteiger partial charge in [0.25, 0.3) is 5.69 Å². The summed E-state index contributed by atoms with van der Waals surface area (Å²) in [5.41, 5.74) is 0.185. The van der Waals surface area contributed by atoms with Crippen LogP contribution in [-0.2, 0) is 0 Å². The number of aromatic nitrogens is 1. The second kappa shape index (κ2) is 3.26. The van der Waals surface area contributed by atoms with Crippen molar-refractivity contribution in [3.8, 4) is 5.88 Å². The molecule has 0 saturated carbocycles. The Morgan fingerprint density at radius 3 is 2.69 bits per heavy atom. The molecule has 0 aliphatic heterocycles. The van der Waals surface area contributed by atoms with Crippen LogP contribution < -0.4 is 9.47 Å². The smallest absolute Gasteiger partial charge is 0.386 e. The maximum atomic E-state index is 11.0. The highest BCUT2D eigenvalue weighted by atomic mass is 16.6. The molecule has 1 aromatic heterocycles. The molecule has 1 heterocycles. The molecule has 0 bridgehead atoms. The lowest BCUT2D eigenvalue weighted by Crippen LogP contribution is -2.28. The van der Waals surface area contributed by atoms with E-state index >= 15 is 0 Å². The molecule has 70 valence electrons. The molecular weight excluding hydrogens is 176 g/mol. The fourth-order valence-electron chi connectivity index (χ4n) is 0.946. The first kappa shape index (κ1) is 9.24. The minimum Gasteiger partial charge on any atom is -0.616 e. The van der Waals surface area contributed by atoms with Gasteiger partial charge in [-0.1, -0.05) is 0 Å². The van der Waals surface area contributed by atoms with Gasteiger partial charge in [0.2, 0.25) is 0 Å². The Bertz CT molecular complexity index is 351. The molecule has 0 saturated heterocycles. The van der Waals surface area contributed by atoms with Gasteiger partial charge in [-0.15, -0.1) is 4.73 Å². The van der Waals surface area contributed by atoms with Gasteiger partial charge < -0.3 is 9.94 Å². The molecule has 0 aliphatic carbocycles. The molecule has 1 aromatic rings. The van der Waals surface area contributed by atoms with Crippen LogP contribution in [0.5, 0.6) is 5.88 Å². The van der Waals surface area contributed by atoms with Crippen LogP contribution in [0, 0.1) is 22.2 Å². The van der Waals surface area contributed by atoms with Crippen molar-refractivity contribution < 1.29 is 14.4 Å². The van der Waals surface area contributed by atoms with Crippen LogP contribution in [0.1, 0.15) is 5.56 Å². The van der Waals surface area contributed by atoms with Gasteiger partial charge in [-0.2, -0.15) is 0 Å². The summed E-state index contributed by atoms with van der Waals surface area (Å²) in [6.07, 6.45) is 1.11. The predicted molar refractivity (Wildman–Crippen MR) is 43.3 cm³/mol. The van der Waals surface area contributed by atoms with Crippen LogP contribution in [0.15, 0.2) is 12.3 Å². The number of methoxy groups -OCH3 is 1. The quantitative estimate of drug-likeness (QED) is 0.291. The Balaban J connectivity index is 3.30. The van der Waals surface area contributed by atoms with E-state index < -0.39 is 4.92 Å². The van der Waals surface area contributed by atoms with Crippen molar-refractivity contribution in [3.05, 3.63) is 33.1 Å². The van der Waals surface area contributed by atoms with Crippen molar-refractivity contribution in [2.45, 2.75) is 6.92 Å². The number of hydrogen-bond donors (Lipinski definition) is 0. The van der Waals surface area contributed by atoms with Gasteiger partial charge >= 0.3 is 5.88 Å². The number of pyridine rings is 1. The van der Waals surface area contributed by atoms with Crippen molar-refractivity contribution in [1.82, 2.24) is 0 Å². The van der Waals surface area contributed by atoms with Crippen LogP contribution in [0.2, 0.25) is 0 Å². The molecular formula is C7H8N2O4. The highest BCUT2D eigenvalue weighted by Gasteiger charge is 2.18. The molecule has 6 nitrogen and oxygen atoms in total. The number of nitrogens with zero attached hydrogens (tertiary/aromatic N) is 2. The van der Waals surface area contributed by atoms with E-state index in [1.54, 1.807) is 0 Å². The molecule has 0 spiro atoms. The van der Waals surface area contributed by atoms with E-state index in [9.17, 15) is 15.3 Å². The summed E-state index contributed by atoms with van der Waals surface area (Å²) in [7, 11) is 1.28. The molecule has 0 N–H and O–H groups in total. The molecule has 0 amide bonds. The molecule has 13 heavy (non-hydrogen) atoms. The summed E-state index contributed by atoms with van der Waals surface area (Å²) in [6, 6.07) is 1.10. The molecule has 0 aromatic carbocycles. The SMILES string of the molecule is COc1cc([N+](=O)[O-])c(C)c[n+]1[O-]. The van der Waals surface area contributed by atoms with Crippen LogP contribution in [0.3, 0.4) is 0 Å². The number of aryl methyl sites for hydroxylation is 1. The van der Waals surface area contributed by atoms with E-state index in [0.29, 0.717) is 10.3 Å². The minimum atomic E-state index is -0.558. The Kier molecular flexibility index (Phi) is 2.32. The third-order valence-corrected chi connectivity index (χ3v) is 1.60. The van der Waals surface area contributed by atoms with Gasteiger partial charge in [0, 0.05) is 0 Å². The molecule has 0 aliphatic rings. The first-order valence-corrected chi connectivity index (χ1v) is 3.48. The Hall–Kier alpha value is -1.85. The van der Waals surface area contributed by atoms with E-state index in [4.69, 9.17) is 0 Å². The van der Waals surface area contributed by atoms with Crippen LogP contribution >= 0.6 is 0 Å². The Labute approximate surface area is 74.1 Å². The number of ether oxygens (including phenoxy) is 1. The summed E-state index contributed by atoms with van der Waals surface area (Å²) < 4.78 is 5.08. The maximum Gasteiger partial charge on any atom is 0.386 e. The Morgan fingerprint density at radius 2 is 2.23 bits per heavy atom. The standard InChI is InChI=1S/C7H8N2O4/c1-5-4-8(10)7(13-2)3-6(5)9(11)12/h3-4H,1-2H3. The summed E-state index contributed by atoms with van der Waals surface area (Å²) in [6.45, 7) is 1.49. The maximum absolute atomic E-state index is 11.0. The number of rotatable bonds is 2. The molecule has 0 fully saturated rings. The van der Waals surface area contributed by atoms with E-state index in [-0.39, 0.29) is 11.6 Å². The number of nitro groups is 1. The lowest BCUT2D eigenvalue weighted by Gasteiger charge is -2.03. The summed E-state index contributed by atoms with van der Waals surface area (Å²) in [4.78, 5) is 9.88. The largest absolute Gasteiger partial charge is 0.616 e. The van der Waals surface area contributed by atoms with Crippen molar-refractivity contribution in [2.24, 2.45) is 0 Å². The molecule has 0 radical (unpaired) electrons. The van der Waals surface area contributed by atoms with Crippen molar-refractivity contribution in [1.29, 1.82) is 0 Å². The van der Waals surface area contributed by atoms with Gasteiger partial charge in [0.15, 0.2) is 6.20 Å². The van der Waals surface area contributed by atoms with Crippen LogP contribution in [-0.4, -0.2) is 12.0 Å². The zero-order chi connectivity index (χ0) is 10.0. The average molecular weight is 184 g/mol. The van der Waals surface area contributed by atoms with E-state index in [2.05, 4.69) is 4.74 Å². The summed E-state index contributed by atoms with van der Waals surface area (Å²) in [5.74, 6) is -0.0858. The molecule has 0 atom stereocenters. The third kappa shape index (κ3) is 1.66. The Morgan fingerprint density at radius 1 is 1.62 bits per heavy atom. The fraction of sp³-hybridized carbons (Fsp3) is 0.286. The van der Waals surface area contributed by atoms with Gasteiger partial charge in [0.05, 0.1) is 17.6 Å². The fourth-order valence-corrected chi connectivity index (χ4v) is 0.946. The van der Waals surface area contributed by atoms with Gasteiger partial charge in [-0.3, -0.25) is 10.1 Å². The summed E-state index contributed by atoms with van der Waals surface area (Å²) >= 11 is 0. The first-order chi connectivity index (χ1) is 6.06. The van der Waals surface area contributed by atoms with Gasteiger partial charge in [-0.25, -0.2) is 0 Å². The second-order valence-corrected chi connectivity index (χ2v) is 2.47. The normalized spacial score (nSPS) is 9.69. The van der Waals surface area contributed by atoms with E-state index in [0.717, 1.165) is 12.3 Å². The van der Waals surface area contributed by atoms with Gasteiger partial charge in [-0.05, 0) is 6.92 Å². The van der Waals surface area contributed by atoms with Crippen molar-refractivity contribution >= 4 is 5.69 Å². The zero-order valence-electron chi connectivity index (χ0n) is 7.18. The highest BCUT2D eigenvalue weighted by molar-refractivity contribution is 5.38. The monoisotopic (exact) mass is 184 g/mol. The lowest BCUT2D eigenvalue weighted by atomic mass is 10.2. The zero-order valence-corrected chi connectivity index (χ0v) is 7.18. The van der Waals surface area contributed by atoms with E-state index in [1.807, 2.05) is 0 Å². The number of hydrogen-bond acceptors (Lipinski definition) is 4. The lowest BCUT2D eigenvalue weighted by molar-refractivity contribution is -0.613. The topological polar surface area (TPSA) is 79.3 Å².